The van der Waals surface area contributed by atoms with Crippen LogP contribution in [0.1, 0.15) is 10.4 Å². The standard InChI is InChI=1S/C14H13Br3S/c15-9-10(8-12-5-6-14(17)18-12)7-11-3-1-2-4-13(11)16/h1-6,10H,7-9H2. The first-order valence-electron chi connectivity index (χ1n) is 5.72. The minimum Gasteiger partial charge on any atom is -0.133 e. The molecule has 0 radical (unpaired) electrons. The van der Waals surface area contributed by atoms with Crippen molar-refractivity contribution in [3.8, 4) is 0 Å². The number of hydrogen-bond acceptors (Lipinski definition) is 1. The van der Waals surface area contributed by atoms with Crippen molar-refractivity contribution in [2.45, 2.75) is 12.8 Å². The molecule has 0 saturated carbocycles. The van der Waals surface area contributed by atoms with E-state index in [1.54, 1.807) is 0 Å². The van der Waals surface area contributed by atoms with Crippen molar-refractivity contribution >= 4 is 59.1 Å². The van der Waals surface area contributed by atoms with Gasteiger partial charge in [0, 0.05) is 14.7 Å². The molecular weight excluding hydrogens is 440 g/mol. The minimum atomic E-state index is 0.634. The number of benzene rings is 1. The van der Waals surface area contributed by atoms with Gasteiger partial charge >= 0.3 is 0 Å². The lowest BCUT2D eigenvalue weighted by molar-refractivity contribution is 0.595. The van der Waals surface area contributed by atoms with Crippen molar-refractivity contribution in [1.82, 2.24) is 0 Å². The van der Waals surface area contributed by atoms with Crippen molar-refractivity contribution in [3.05, 3.63) is 55.1 Å². The first-order chi connectivity index (χ1) is 8.69. The van der Waals surface area contributed by atoms with Crippen LogP contribution in [0.5, 0.6) is 0 Å². The lowest BCUT2D eigenvalue weighted by Crippen LogP contribution is -2.09. The van der Waals surface area contributed by atoms with Crippen LogP contribution >= 0.6 is 59.1 Å². The number of thiophene rings is 1. The Morgan fingerprint density at radius 1 is 1.00 bits per heavy atom. The molecule has 0 nitrogen and oxygen atoms in total. The predicted molar refractivity (Wildman–Crippen MR) is 90.9 cm³/mol. The zero-order valence-electron chi connectivity index (χ0n) is 9.70. The van der Waals surface area contributed by atoms with Gasteiger partial charge in [0.05, 0.1) is 3.79 Å². The van der Waals surface area contributed by atoms with Crippen molar-refractivity contribution < 1.29 is 0 Å². The fourth-order valence-electron chi connectivity index (χ4n) is 1.90. The topological polar surface area (TPSA) is 0 Å². The molecule has 1 aromatic carbocycles. The van der Waals surface area contributed by atoms with E-state index >= 15 is 0 Å². The molecule has 0 N–H and O–H groups in total. The van der Waals surface area contributed by atoms with Crippen LogP contribution in [0.25, 0.3) is 0 Å². The Balaban J connectivity index is 2.04. The van der Waals surface area contributed by atoms with Crippen molar-refractivity contribution in [1.29, 1.82) is 0 Å². The van der Waals surface area contributed by atoms with Gasteiger partial charge in [-0.15, -0.1) is 11.3 Å². The molecule has 96 valence electrons. The molecule has 1 atom stereocenters. The molecule has 2 rings (SSSR count). The first-order valence-corrected chi connectivity index (χ1v) is 9.25. The van der Waals surface area contributed by atoms with E-state index in [2.05, 4.69) is 84.2 Å². The number of halogens is 3. The largest absolute Gasteiger partial charge is 0.133 e. The maximum absolute atomic E-state index is 3.64. The summed E-state index contributed by atoms with van der Waals surface area (Å²) in [6.45, 7) is 0. The number of alkyl halides is 1. The normalized spacial score (nSPS) is 12.6. The summed E-state index contributed by atoms with van der Waals surface area (Å²) in [5.41, 5.74) is 1.39. The summed E-state index contributed by atoms with van der Waals surface area (Å²) in [6.07, 6.45) is 2.23. The van der Waals surface area contributed by atoms with E-state index in [0.717, 1.165) is 18.2 Å². The quantitative estimate of drug-likeness (QED) is 0.483. The van der Waals surface area contributed by atoms with Gasteiger partial charge in [0.1, 0.15) is 0 Å². The highest BCUT2D eigenvalue weighted by Gasteiger charge is 2.12. The smallest absolute Gasteiger partial charge is 0.0701 e. The summed E-state index contributed by atoms with van der Waals surface area (Å²) in [5, 5.41) is 1.03. The Hall–Kier alpha value is 0.360. The van der Waals surface area contributed by atoms with Crippen LogP contribution in [0, 0.1) is 5.92 Å². The third kappa shape index (κ3) is 4.19. The average Bonchev–Trinajstić information content (AvgIpc) is 2.76. The van der Waals surface area contributed by atoms with Crippen molar-refractivity contribution in [3.63, 3.8) is 0 Å². The molecule has 0 saturated heterocycles. The molecule has 0 aliphatic rings. The molecule has 0 aliphatic carbocycles. The third-order valence-electron chi connectivity index (χ3n) is 2.80. The van der Waals surface area contributed by atoms with Gasteiger partial charge in [-0.25, -0.2) is 0 Å². The molecule has 0 aliphatic heterocycles. The molecule has 0 amide bonds. The van der Waals surface area contributed by atoms with Gasteiger partial charge in [-0.05, 0) is 58.5 Å². The van der Waals surface area contributed by atoms with E-state index in [0.29, 0.717) is 5.92 Å². The molecule has 0 bridgehead atoms. The lowest BCUT2D eigenvalue weighted by atomic mass is 9.97. The molecule has 18 heavy (non-hydrogen) atoms. The number of hydrogen-bond donors (Lipinski definition) is 0. The minimum absolute atomic E-state index is 0.634. The maximum Gasteiger partial charge on any atom is 0.0701 e. The zero-order chi connectivity index (χ0) is 13.0. The summed E-state index contributed by atoms with van der Waals surface area (Å²) in [7, 11) is 0. The summed E-state index contributed by atoms with van der Waals surface area (Å²) in [6, 6.07) is 12.8. The second kappa shape index (κ2) is 7.22. The maximum atomic E-state index is 3.64. The van der Waals surface area contributed by atoms with Crippen LogP contribution in [0.15, 0.2) is 44.7 Å². The fourth-order valence-corrected chi connectivity index (χ4v) is 4.40. The molecule has 4 heteroatoms. The summed E-state index contributed by atoms with van der Waals surface area (Å²) >= 11 is 12.6. The predicted octanol–water partition coefficient (Wildman–Crippen LogP) is 6.07. The lowest BCUT2D eigenvalue weighted by Gasteiger charge is -2.14. The summed E-state index contributed by atoms with van der Waals surface area (Å²) < 4.78 is 2.43. The highest BCUT2D eigenvalue weighted by atomic mass is 79.9. The van der Waals surface area contributed by atoms with Gasteiger partial charge in [-0.3, -0.25) is 0 Å². The molecule has 0 fully saturated rings. The van der Waals surface area contributed by atoms with Crippen molar-refractivity contribution in [2.75, 3.05) is 5.33 Å². The fraction of sp³-hybridized carbons (Fsp3) is 0.286. The molecule has 1 aromatic heterocycles. The van der Waals surface area contributed by atoms with Crippen LogP contribution in [-0.4, -0.2) is 5.33 Å². The number of rotatable bonds is 5. The Morgan fingerprint density at radius 2 is 1.78 bits per heavy atom. The third-order valence-corrected chi connectivity index (χ3v) is 6.14. The Kier molecular flexibility index (Phi) is 5.93. The SMILES string of the molecule is BrCC(Cc1ccc(Br)s1)Cc1ccccc1Br. The molecule has 1 unspecified atom stereocenters. The van der Waals surface area contributed by atoms with E-state index in [9.17, 15) is 0 Å². The average molecular weight is 453 g/mol. The Labute approximate surface area is 137 Å². The highest BCUT2D eigenvalue weighted by Crippen LogP contribution is 2.27. The molecule has 1 heterocycles. The second-order valence-corrected chi connectivity index (χ2v) is 8.28. The van der Waals surface area contributed by atoms with E-state index in [1.807, 2.05) is 11.3 Å². The van der Waals surface area contributed by atoms with Gasteiger partial charge in [-0.2, -0.15) is 0 Å². The Bertz CT molecular complexity index is 507. The van der Waals surface area contributed by atoms with E-state index < -0.39 is 0 Å². The second-order valence-electron chi connectivity index (χ2n) is 4.23. The van der Waals surface area contributed by atoms with Gasteiger partial charge in [0.2, 0.25) is 0 Å². The van der Waals surface area contributed by atoms with Crippen molar-refractivity contribution in [2.24, 2.45) is 5.92 Å². The molecular formula is C14H13Br3S. The first kappa shape index (κ1) is 14.8. The van der Waals surface area contributed by atoms with E-state index in [4.69, 9.17) is 0 Å². The zero-order valence-corrected chi connectivity index (χ0v) is 15.3. The highest BCUT2D eigenvalue weighted by molar-refractivity contribution is 9.11. The van der Waals surface area contributed by atoms with Gasteiger partial charge in [-0.1, -0.05) is 50.1 Å². The molecule has 2 aromatic rings. The van der Waals surface area contributed by atoms with Gasteiger partial charge in [0.15, 0.2) is 0 Å². The monoisotopic (exact) mass is 450 g/mol. The van der Waals surface area contributed by atoms with E-state index in [1.165, 1.54) is 18.7 Å². The molecule has 0 spiro atoms. The Morgan fingerprint density at radius 3 is 2.39 bits per heavy atom. The van der Waals surface area contributed by atoms with E-state index in [-0.39, 0.29) is 0 Å². The summed E-state index contributed by atoms with van der Waals surface area (Å²) in [4.78, 5) is 1.44. The van der Waals surface area contributed by atoms with Crippen LogP contribution < -0.4 is 0 Å². The van der Waals surface area contributed by atoms with Crippen LogP contribution in [0.3, 0.4) is 0 Å². The van der Waals surface area contributed by atoms with Crippen LogP contribution in [-0.2, 0) is 12.8 Å². The van der Waals surface area contributed by atoms with Crippen LogP contribution in [0.2, 0.25) is 0 Å². The van der Waals surface area contributed by atoms with Gasteiger partial charge < -0.3 is 0 Å². The summed E-state index contributed by atoms with van der Waals surface area (Å²) in [5.74, 6) is 0.634. The van der Waals surface area contributed by atoms with Gasteiger partial charge in [0.25, 0.3) is 0 Å². The van der Waals surface area contributed by atoms with Crippen LogP contribution in [0.4, 0.5) is 0 Å².